The Labute approximate surface area is 214 Å². The van der Waals surface area contributed by atoms with Gasteiger partial charge in [0.25, 0.3) is 5.91 Å². The van der Waals surface area contributed by atoms with Gasteiger partial charge in [-0.05, 0) is 43.4 Å². The third-order valence-corrected chi connectivity index (χ3v) is 8.38. The first-order valence-electron chi connectivity index (χ1n) is 12.5. The summed E-state index contributed by atoms with van der Waals surface area (Å²) in [6.07, 6.45) is 3.72. The van der Waals surface area contributed by atoms with Gasteiger partial charge in [-0.2, -0.15) is 0 Å². The Kier molecular flexibility index (Phi) is 7.27. The molecule has 0 saturated carbocycles. The van der Waals surface area contributed by atoms with Crippen molar-refractivity contribution in [2.24, 2.45) is 0 Å². The molecule has 0 aromatic heterocycles. The summed E-state index contributed by atoms with van der Waals surface area (Å²) in [5.74, 6) is -0.968. The summed E-state index contributed by atoms with van der Waals surface area (Å²) in [4.78, 5) is 56.5. The number of thioether (sulfide) groups is 1. The molecule has 2 N–H and O–H groups in total. The number of amides is 4. The predicted octanol–water partition coefficient (Wildman–Crippen LogP) is 2.64. The molecule has 2 aromatic carbocycles. The average molecular weight is 507 g/mol. The topological polar surface area (TPSA) is 98.8 Å². The maximum Gasteiger partial charge on any atom is 0.251 e. The number of benzene rings is 2. The monoisotopic (exact) mass is 506 g/mol. The van der Waals surface area contributed by atoms with Gasteiger partial charge in [-0.1, -0.05) is 42.5 Å². The Hall–Kier alpha value is -3.33. The van der Waals surface area contributed by atoms with Gasteiger partial charge in [-0.25, -0.2) is 0 Å². The standard InChI is InChI=1S/C27H30N4O4S/c32-22-14-13-19(28-22)26(34)29-24-25(18-9-3-1-4-10-18)36-21-12-6-5-11-20(21)31(27(24)35)17-23(33)30-15-7-2-8-16-30/h1,3-6,9-12,19,24-25H,2,7-8,13-17H2,(H,28,32)(H,29,34)/t19-,24+,25-/m0/s1. The molecule has 2 aromatic rings. The van der Waals surface area contributed by atoms with E-state index in [1.165, 1.54) is 16.7 Å². The third-order valence-electron chi connectivity index (χ3n) is 6.98. The SMILES string of the molecule is O=C1CC[C@@H](C(=O)N[C@H]2C(=O)N(CC(=O)N3CCCCC3)c3ccccc3S[C@H]2c2ccccc2)N1. The maximum atomic E-state index is 14.2. The van der Waals surface area contributed by atoms with E-state index in [1.54, 1.807) is 0 Å². The van der Waals surface area contributed by atoms with Crippen molar-refractivity contribution >= 4 is 41.1 Å². The molecule has 3 heterocycles. The summed E-state index contributed by atoms with van der Waals surface area (Å²) in [6, 6.07) is 15.6. The number of fused-ring (bicyclic) bond motifs is 1. The zero-order valence-corrected chi connectivity index (χ0v) is 20.8. The van der Waals surface area contributed by atoms with E-state index >= 15 is 0 Å². The normalized spacial score (nSPS) is 24.1. The van der Waals surface area contributed by atoms with Crippen LogP contribution in [0.5, 0.6) is 0 Å². The highest BCUT2D eigenvalue weighted by Gasteiger charge is 2.42. The maximum absolute atomic E-state index is 14.2. The lowest BCUT2D eigenvalue weighted by Crippen LogP contribution is -2.55. The first-order chi connectivity index (χ1) is 17.5. The van der Waals surface area contributed by atoms with Crippen LogP contribution in [-0.4, -0.2) is 60.2 Å². The quantitative estimate of drug-likeness (QED) is 0.650. The molecule has 8 nitrogen and oxygen atoms in total. The van der Waals surface area contributed by atoms with Crippen molar-refractivity contribution in [3.8, 4) is 0 Å². The molecule has 3 aliphatic rings. The van der Waals surface area contributed by atoms with E-state index in [0.29, 0.717) is 25.2 Å². The molecule has 188 valence electrons. The number of piperidine rings is 1. The fourth-order valence-electron chi connectivity index (χ4n) is 5.05. The minimum absolute atomic E-state index is 0.0789. The van der Waals surface area contributed by atoms with Gasteiger partial charge in [0.2, 0.25) is 17.7 Å². The molecule has 3 atom stereocenters. The summed E-state index contributed by atoms with van der Waals surface area (Å²) >= 11 is 1.50. The van der Waals surface area contributed by atoms with E-state index in [9.17, 15) is 19.2 Å². The first kappa shape index (κ1) is 24.4. The molecule has 9 heteroatoms. The van der Waals surface area contributed by atoms with Crippen molar-refractivity contribution in [3.63, 3.8) is 0 Å². The van der Waals surface area contributed by atoms with Crippen LogP contribution in [0.25, 0.3) is 0 Å². The molecule has 36 heavy (non-hydrogen) atoms. The van der Waals surface area contributed by atoms with Crippen LogP contribution in [0.4, 0.5) is 5.69 Å². The van der Waals surface area contributed by atoms with Gasteiger partial charge in [0, 0.05) is 24.4 Å². The van der Waals surface area contributed by atoms with Crippen molar-refractivity contribution in [3.05, 3.63) is 60.2 Å². The number of nitrogens with one attached hydrogen (secondary N) is 2. The highest BCUT2D eigenvalue weighted by molar-refractivity contribution is 7.99. The van der Waals surface area contributed by atoms with Gasteiger partial charge in [0.05, 0.1) is 10.9 Å². The van der Waals surface area contributed by atoms with Gasteiger partial charge in [0.15, 0.2) is 0 Å². The predicted molar refractivity (Wildman–Crippen MR) is 137 cm³/mol. The van der Waals surface area contributed by atoms with Crippen LogP contribution in [-0.2, 0) is 19.2 Å². The molecular weight excluding hydrogens is 476 g/mol. The number of likely N-dealkylation sites (tertiary alicyclic amines) is 1. The van der Waals surface area contributed by atoms with Gasteiger partial charge < -0.3 is 20.4 Å². The summed E-state index contributed by atoms with van der Waals surface area (Å²) in [5.41, 5.74) is 1.57. The van der Waals surface area contributed by atoms with Crippen molar-refractivity contribution in [2.45, 2.75) is 54.3 Å². The number of anilines is 1. The second-order valence-corrected chi connectivity index (χ2v) is 10.6. The van der Waals surface area contributed by atoms with Gasteiger partial charge >= 0.3 is 0 Å². The number of carbonyl (C=O) groups is 4. The molecule has 5 rings (SSSR count). The van der Waals surface area contributed by atoms with E-state index in [4.69, 9.17) is 0 Å². The molecule has 0 radical (unpaired) electrons. The number of hydrogen-bond acceptors (Lipinski definition) is 5. The highest BCUT2D eigenvalue weighted by Crippen LogP contribution is 2.45. The lowest BCUT2D eigenvalue weighted by Gasteiger charge is -2.32. The minimum Gasteiger partial charge on any atom is -0.344 e. The summed E-state index contributed by atoms with van der Waals surface area (Å²) in [5, 5.41) is 5.23. The molecule has 0 unspecified atom stereocenters. The molecule has 4 amide bonds. The van der Waals surface area contributed by atoms with Crippen molar-refractivity contribution in [2.75, 3.05) is 24.5 Å². The van der Waals surface area contributed by atoms with Crippen molar-refractivity contribution < 1.29 is 19.2 Å². The second kappa shape index (κ2) is 10.7. The van der Waals surface area contributed by atoms with Crippen LogP contribution in [0.15, 0.2) is 59.5 Å². The van der Waals surface area contributed by atoms with E-state index in [0.717, 1.165) is 29.7 Å². The first-order valence-corrected chi connectivity index (χ1v) is 13.4. The largest absolute Gasteiger partial charge is 0.344 e. The zero-order chi connectivity index (χ0) is 25.1. The molecule has 2 fully saturated rings. The van der Waals surface area contributed by atoms with Crippen molar-refractivity contribution in [1.82, 2.24) is 15.5 Å². The average Bonchev–Trinajstić information content (AvgIpc) is 3.32. The Balaban J connectivity index is 1.49. The smallest absolute Gasteiger partial charge is 0.251 e. The van der Waals surface area contributed by atoms with E-state index in [1.807, 2.05) is 59.5 Å². The van der Waals surface area contributed by atoms with Crippen LogP contribution < -0.4 is 15.5 Å². The Morgan fingerprint density at radius 1 is 0.972 bits per heavy atom. The molecular formula is C27H30N4O4S. The van der Waals surface area contributed by atoms with Crippen LogP contribution in [0, 0.1) is 0 Å². The molecule has 3 aliphatic heterocycles. The van der Waals surface area contributed by atoms with Gasteiger partial charge in [-0.15, -0.1) is 11.8 Å². The number of carbonyl (C=O) groups excluding carboxylic acids is 4. The molecule has 2 saturated heterocycles. The summed E-state index contributed by atoms with van der Waals surface area (Å²) in [7, 11) is 0. The Morgan fingerprint density at radius 2 is 1.69 bits per heavy atom. The van der Waals surface area contributed by atoms with Crippen LogP contribution in [0.3, 0.4) is 0 Å². The van der Waals surface area contributed by atoms with Crippen LogP contribution >= 0.6 is 11.8 Å². The lowest BCUT2D eigenvalue weighted by atomic mass is 10.0. The Morgan fingerprint density at radius 3 is 2.42 bits per heavy atom. The number of nitrogens with zero attached hydrogens (tertiary/aromatic N) is 2. The zero-order valence-electron chi connectivity index (χ0n) is 20.0. The van der Waals surface area contributed by atoms with E-state index in [-0.39, 0.29) is 36.6 Å². The van der Waals surface area contributed by atoms with Gasteiger partial charge in [-0.3, -0.25) is 19.2 Å². The summed E-state index contributed by atoms with van der Waals surface area (Å²) < 4.78 is 0. The van der Waals surface area contributed by atoms with Gasteiger partial charge in [0.1, 0.15) is 18.6 Å². The van der Waals surface area contributed by atoms with Crippen LogP contribution in [0.2, 0.25) is 0 Å². The van der Waals surface area contributed by atoms with Crippen molar-refractivity contribution in [1.29, 1.82) is 0 Å². The lowest BCUT2D eigenvalue weighted by molar-refractivity contribution is -0.133. The Bertz CT molecular complexity index is 1150. The molecule has 0 aliphatic carbocycles. The minimum atomic E-state index is -0.913. The van der Waals surface area contributed by atoms with E-state index < -0.39 is 17.3 Å². The van der Waals surface area contributed by atoms with Crippen LogP contribution in [0.1, 0.15) is 42.9 Å². The number of para-hydroxylation sites is 1. The number of rotatable bonds is 5. The third kappa shape index (κ3) is 5.11. The van der Waals surface area contributed by atoms with E-state index in [2.05, 4.69) is 10.6 Å². The molecule has 0 bridgehead atoms. The highest BCUT2D eigenvalue weighted by atomic mass is 32.2. The fraction of sp³-hybridized carbons (Fsp3) is 0.407. The molecule has 0 spiro atoms. The summed E-state index contributed by atoms with van der Waals surface area (Å²) in [6.45, 7) is 1.32. The number of hydrogen-bond donors (Lipinski definition) is 2. The second-order valence-electron chi connectivity index (χ2n) is 9.43. The fourth-order valence-corrected chi connectivity index (χ4v) is 6.39.